The Kier molecular flexibility index (Phi) is 4.12. The van der Waals surface area contributed by atoms with Crippen LogP contribution in [0.2, 0.25) is 0 Å². The Morgan fingerprint density at radius 3 is 2.54 bits per heavy atom. The number of ether oxygens (including phenoxy) is 2. The van der Waals surface area contributed by atoms with Crippen molar-refractivity contribution in [3.05, 3.63) is 0 Å². The molecule has 3 N–H and O–H groups in total. The first-order valence-electron chi connectivity index (χ1n) is 4.88. The number of rotatable bonds is 4. The predicted molar refractivity (Wildman–Crippen MR) is 51.2 cm³/mol. The molecule has 1 aliphatic heterocycles. The maximum absolute atomic E-state index is 5.60. The third kappa shape index (κ3) is 2.20. The van der Waals surface area contributed by atoms with Crippen LogP contribution in [0.5, 0.6) is 0 Å². The Morgan fingerprint density at radius 1 is 1.54 bits per heavy atom. The molecule has 0 radical (unpaired) electrons. The van der Waals surface area contributed by atoms with E-state index in [1.165, 1.54) is 0 Å². The molecule has 13 heavy (non-hydrogen) atoms. The smallest absolute Gasteiger partial charge is 0.0888 e. The van der Waals surface area contributed by atoms with Crippen molar-refractivity contribution in [1.82, 2.24) is 5.43 Å². The number of methoxy groups -OCH3 is 1. The normalized spacial score (nSPS) is 24.2. The maximum atomic E-state index is 5.60. The fourth-order valence-electron chi connectivity index (χ4n) is 2.05. The zero-order valence-electron chi connectivity index (χ0n) is 8.51. The monoisotopic (exact) mass is 188 g/mol. The third-order valence-corrected chi connectivity index (χ3v) is 2.99. The van der Waals surface area contributed by atoms with Gasteiger partial charge in [0.15, 0.2) is 0 Å². The second kappa shape index (κ2) is 4.91. The van der Waals surface area contributed by atoms with E-state index in [9.17, 15) is 0 Å². The molecule has 1 aliphatic rings. The van der Waals surface area contributed by atoms with Crippen LogP contribution in [-0.4, -0.2) is 32.0 Å². The van der Waals surface area contributed by atoms with Crippen molar-refractivity contribution < 1.29 is 9.47 Å². The number of hydrogen-bond donors (Lipinski definition) is 2. The summed E-state index contributed by atoms with van der Waals surface area (Å²) in [5.41, 5.74) is 2.71. The first kappa shape index (κ1) is 10.9. The maximum Gasteiger partial charge on any atom is 0.0888 e. The van der Waals surface area contributed by atoms with E-state index < -0.39 is 0 Å². The molecular formula is C9H20N2O2. The highest BCUT2D eigenvalue weighted by Gasteiger charge is 2.39. The van der Waals surface area contributed by atoms with Crippen LogP contribution in [0.3, 0.4) is 0 Å². The molecule has 4 nitrogen and oxygen atoms in total. The summed E-state index contributed by atoms with van der Waals surface area (Å²) in [6, 6.07) is 0.224. The minimum Gasteiger partial charge on any atom is -0.381 e. The lowest BCUT2D eigenvalue weighted by Crippen LogP contribution is -2.56. The highest BCUT2D eigenvalue weighted by molar-refractivity contribution is 4.93. The van der Waals surface area contributed by atoms with Crippen molar-refractivity contribution in [2.75, 3.05) is 20.3 Å². The number of nitrogens with one attached hydrogen (secondary N) is 1. The average molecular weight is 188 g/mol. The SMILES string of the molecule is CCC(NN)C1(OC)CCOCC1. The van der Waals surface area contributed by atoms with Crippen molar-refractivity contribution in [1.29, 1.82) is 0 Å². The van der Waals surface area contributed by atoms with Crippen LogP contribution in [0.15, 0.2) is 0 Å². The van der Waals surface area contributed by atoms with Crippen LogP contribution < -0.4 is 11.3 Å². The molecule has 0 spiro atoms. The second-order valence-corrected chi connectivity index (χ2v) is 3.51. The van der Waals surface area contributed by atoms with E-state index in [1.807, 2.05) is 0 Å². The lowest BCUT2D eigenvalue weighted by atomic mass is 9.85. The Morgan fingerprint density at radius 2 is 2.15 bits per heavy atom. The first-order chi connectivity index (χ1) is 6.29. The van der Waals surface area contributed by atoms with Gasteiger partial charge in [-0.15, -0.1) is 0 Å². The fourth-order valence-corrected chi connectivity index (χ4v) is 2.05. The molecule has 0 amide bonds. The van der Waals surface area contributed by atoms with E-state index in [2.05, 4.69) is 12.3 Å². The second-order valence-electron chi connectivity index (χ2n) is 3.51. The largest absolute Gasteiger partial charge is 0.381 e. The van der Waals surface area contributed by atoms with Gasteiger partial charge in [0.05, 0.1) is 5.60 Å². The van der Waals surface area contributed by atoms with Gasteiger partial charge in [-0.25, -0.2) is 0 Å². The molecule has 1 rings (SSSR count). The van der Waals surface area contributed by atoms with E-state index in [-0.39, 0.29) is 11.6 Å². The van der Waals surface area contributed by atoms with E-state index in [1.54, 1.807) is 7.11 Å². The molecule has 1 heterocycles. The zero-order valence-corrected chi connectivity index (χ0v) is 8.51. The van der Waals surface area contributed by atoms with E-state index in [0.717, 1.165) is 32.5 Å². The highest BCUT2D eigenvalue weighted by Crippen LogP contribution is 2.29. The quantitative estimate of drug-likeness (QED) is 0.496. The summed E-state index contributed by atoms with van der Waals surface area (Å²) < 4.78 is 10.9. The summed E-state index contributed by atoms with van der Waals surface area (Å²) >= 11 is 0. The molecule has 4 heteroatoms. The third-order valence-electron chi connectivity index (χ3n) is 2.99. The minimum atomic E-state index is -0.123. The van der Waals surface area contributed by atoms with Crippen LogP contribution in [0.1, 0.15) is 26.2 Å². The van der Waals surface area contributed by atoms with Crippen molar-refractivity contribution in [3.63, 3.8) is 0 Å². The summed E-state index contributed by atoms with van der Waals surface area (Å²) in [5, 5.41) is 0. The van der Waals surface area contributed by atoms with Gasteiger partial charge in [-0.1, -0.05) is 6.92 Å². The molecule has 0 aliphatic carbocycles. The fraction of sp³-hybridized carbons (Fsp3) is 1.00. The average Bonchev–Trinajstić information content (AvgIpc) is 2.21. The van der Waals surface area contributed by atoms with Gasteiger partial charge in [-0.05, 0) is 6.42 Å². The van der Waals surface area contributed by atoms with Gasteiger partial charge < -0.3 is 9.47 Å². The summed E-state index contributed by atoms with van der Waals surface area (Å²) in [4.78, 5) is 0. The molecule has 0 aromatic carbocycles. The zero-order chi connectivity index (χ0) is 9.73. The van der Waals surface area contributed by atoms with Gasteiger partial charge in [0.1, 0.15) is 0 Å². The van der Waals surface area contributed by atoms with Crippen LogP contribution in [-0.2, 0) is 9.47 Å². The predicted octanol–water partition coefficient (Wildman–Crippen LogP) is 0.424. The minimum absolute atomic E-state index is 0.123. The molecule has 0 saturated carbocycles. The summed E-state index contributed by atoms with van der Waals surface area (Å²) in [7, 11) is 1.76. The van der Waals surface area contributed by atoms with Crippen LogP contribution in [0, 0.1) is 0 Å². The van der Waals surface area contributed by atoms with Crippen molar-refractivity contribution in [2.24, 2.45) is 5.84 Å². The van der Waals surface area contributed by atoms with Crippen LogP contribution in [0.4, 0.5) is 0 Å². The van der Waals surface area contributed by atoms with Gasteiger partial charge >= 0.3 is 0 Å². The topological polar surface area (TPSA) is 56.5 Å². The number of hydrogen-bond acceptors (Lipinski definition) is 4. The molecule has 0 bridgehead atoms. The molecule has 0 aromatic rings. The molecule has 1 saturated heterocycles. The van der Waals surface area contributed by atoms with E-state index in [0.29, 0.717) is 0 Å². The van der Waals surface area contributed by atoms with E-state index >= 15 is 0 Å². The summed E-state index contributed by atoms with van der Waals surface area (Å²) in [6.45, 7) is 3.65. The molecular weight excluding hydrogens is 168 g/mol. The van der Waals surface area contributed by atoms with Crippen molar-refractivity contribution >= 4 is 0 Å². The lowest BCUT2D eigenvalue weighted by molar-refractivity contribution is -0.111. The van der Waals surface area contributed by atoms with Crippen LogP contribution >= 0.6 is 0 Å². The number of nitrogens with two attached hydrogens (primary N) is 1. The summed E-state index contributed by atoms with van der Waals surface area (Å²) in [6.07, 6.45) is 2.82. The van der Waals surface area contributed by atoms with Gasteiger partial charge in [0, 0.05) is 39.2 Å². The molecule has 78 valence electrons. The van der Waals surface area contributed by atoms with Gasteiger partial charge in [0.2, 0.25) is 0 Å². The Labute approximate surface area is 79.7 Å². The Hall–Kier alpha value is -0.160. The molecule has 0 aromatic heterocycles. The van der Waals surface area contributed by atoms with Gasteiger partial charge in [-0.3, -0.25) is 11.3 Å². The Balaban J connectivity index is 2.64. The molecule has 1 unspecified atom stereocenters. The standard InChI is InChI=1S/C9H20N2O2/c1-3-8(11-10)9(12-2)4-6-13-7-5-9/h8,11H,3-7,10H2,1-2H3. The first-order valence-corrected chi connectivity index (χ1v) is 4.88. The van der Waals surface area contributed by atoms with Crippen molar-refractivity contribution in [2.45, 2.75) is 37.8 Å². The van der Waals surface area contributed by atoms with Gasteiger partial charge in [-0.2, -0.15) is 0 Å². The molecule has 1 atom stereocenters. The van der Waals surface area contributed by atoms with E-state index in [4.69, 9.17) is 15.3 Å². The van der Waals surface area contributed by atoms with Gasteiger partial charge in [0.25, 0.3) is 0 Å². The van der Waals surface area contributed by atoms with Crippen molar-refractivity contribution in [3.8, 4) is 0 Å². The van der Waals surface area contributed by atoms with Crippen LogP contribution in [0.25, 0.3) is 0 Å². The molecule has 1 fully saturated rings. The lowest BCUT2D eigenvalue weighted by Gasteiger charge is -2.41. The Bertz CT molecular complexity index is 143. The highest BCUT2D eigenvalue weighted by atomic mass is 16.5. The summed E-state index contributed by atoms with van der Waals surface area (Å²) in [5.74, 6) is 5.50. The number of hydrazine groups is 1.